The Hall–Kier alpha value is -1.91. The quantitative estimate of drug-likeness (QED) is 0.643. The first-order chi connectivity index (χ1) is 8.26. The highest BCUT2D eigenvalue weighted by molar-refractivity contribution is 6.07. The van der Waals surface area contributed by atoms with Gasteiger partial charge < -0.3 is 19.4 Å². The second-order valence-corrected chi connectivity index (χ2v) is 3.73. The summed E-state index contributed by atoms with van der Waals surface area (Å²) in [5.74, 6) is 1.71. The summed E-state index contributed by atoms with van der Waals surface area (Å²) in [6, 6.07) is 1.90. The van der Waals surface area contributed by atoms with E-state index in [9.17, 15) is 0 Å². The number of hydrogen-bond donors (Lipinski definition) is 1. The van der Waals surface area contributed by atoms with Crippen LogP contribution >= 0.6 is 0 Å². The molecule has 0 radical (unpaired) electrons. The molecule has 0 saturated carbocycles. The molecule has 0 aromatic heterocycles. The largest absolute Gasteiger partial charge is 0.493 e. The van der Waals surface area contributed by atoms with Crippen LogP contribution < -0.4 is 14.2 Å². The average molecular weight is 237 g/mol. The molecule has 0 saturated heterocycles. The summed E-state index contributed by atoms with van der Waals surface area (Å²) in [6.45, 7) is 0. The van der Waals surface area contributed by atoms with Crippen LogP contribution in [0.15, 0.2) is 11.2 Å². The fourth-order valence-corrected chi connectivity index (χ4v) is 2.20. The number of methoxy groups -OCH3 is 3. The maximum Gasteiger partial charge on any atom is 0.203 e. The van der Waals surface area contributed by atoms with E-state index in [2.05, 4.69) is 5.16 Å². The summed E-state index contributed by atoms with van der Waals surface area (Å²) in [4.78, 5) is 0. The van der Waals surface area contributed by atoms with Crippen molar-refractivity contribution in [2.45, 2.75) is 12.8 Å². The lowest BCUT2D eigenvalue weighted by atomic mass is 10.1. The maximum absolute atomic E-state index is 8.98. The fourth-order valence-electron chi connectivity index (χ4n) is 2.20. The third-order valence-corrected chi connectivity index (χ3v) is 2.95. The third kappa shape index (κ3) is 1.67. The van der Waals surface area contributed by atoms with Gasteiger partial charge in [0.2, 0.25) is 5.75 Å². The van der Waals surface area contributed by atoms with Crippen molar-refractivity contribution in [2.24, 2.45) is 5.16 Å². The molecule has 1 aliphatic carbocycles. The molecular formula is C12H15NO4. The second kappa shape index (κ2) is 4.53. The summed E-state index contributed by atoms with van der Waals surface area (Å²) in [6.07, 6.45) is 1.50. The van der Waals surface area contributed by atoms with Gasteiger partial charge in [-0.2, -0.15) is 0 Å². The number of fused-ring (bicyclic) bond motifs is 1. The Morgan fingerprint density at radius 2 is 1.76 bits per heavy atom. The zero-order valence-electron chi connectivity index (χ0n) is 10.1. The molecule has 5 nitrogen and oxygen atoms in total. The van der Waals surface area contributed by atoms with Crippen molar-refractivity contribution in [1.29, 1.82) is 0 Å². The van der Waals surface area contributed by atoms with Crippen LogP contribution in [0.1, 0.15) is 17.5 Å². The Balaban J connectivity index is 2.70. The van der Waals surface area contributed by atoms with E-state index in [0.717, 1.165) is 17.5 Å². The van der Waals surface area contributed by atoms with Crippen LogP contribution in [0, 0.1) is 0 Å². The standard InChI is InChI=1S/C12H15NO4/c1-15-9-6-7-4-5-8(13-14)10(7)12(17-3)11(9)16-2/h6,14H,4-5H2,1-3H3/b13-8+. The number of hydrogen-bond acceptors (Lipinski definition) is 5. The number of benzene rings is 1. The van der Waals surface area contributed by atoms with Crippen LogP contribution in [0.4, 0.5) is 0 Å². The molecule has 17 heavy (non-hydrogen) atoms. The Labute approximate surface area is 99.6 Å². The molecule has 2 rings (SSSR count). The van der Waals surface area contributed by atoms with Gasteiger partial charge in [-0.1, -0.05) is 5.16 Å². The molecule has 0 aliphatic heterocycles. The molecule has 0 spiro atoms. The summed E-state index contributed by atoms with van der Waals surface area (Å²) in [5, 5.41) is 12.3. The molecular weight excluding hydrogens is 222 g/mol. The molecule has 0 atom stereocenters. The topological polar surface area (TPSA) is 60.3 Å². The fraction of sp³-hybridized carbons (Fsp3) is 0.417. The zero-order valence-corrected chi connectivity index (χ0v) is 10.1. The van der Waals surface area contributed by atoms with Gasteiger partial charge in [-0.3, -0.25) is 0 Å². The van der Waals surface area contributed by atoms with Crippen LogP contribution in [0.3, 0.4) is 0 Å². The molecule has 1 aliphatic rings. The molecule has 5 heteroatoms. The van der Waals surface area contributed by atoms with Crippen molar-refractivity contribution < 1.29 is 19.4 Å². The van der Waals surface area contributed by atoms with Crippen LogP contribution in [-0.4, -0.2) is 32.2 Å². The molecule has 1 N–H and O–H groups in total. The number of nitrogens with zero attached hydrogens (tertiary/aromatic N) is 1. The van der Waals surface area contributed by atoms with E-state index in [1.54, 1.807) is 21.3 Å². The van der Waals surface area contributed by atoms with Crippen molar-refractivity contribution in [1.82, 2.24) is 0 Å². The van der Waals surface area contributed by atoms with Crippen molar-refractivity contribution in [3.63, 3.8) is 0 Å². The molecule has 0 amide bonds. The molecule has 1 aromatic rings. The first kappa shape index (κ1) is 11.6. The molecule has 92 valence electrons. The van der Waals surface area contributed by atoms with E-state index >= 15 is 0 Å². The van der Waals surface area contributed by atoms with Gasteiger partial charge in [0.1, 0.15) is 0 Å². The normalized spacial score (nSPS) is 15.8. The van der Waals surface area contributed by atoms with E-state index in [0.29, 0.717) is 29.4 Å². The number of oxime groups is 1. The third-order valence-electron chi connectivity index (χ3n) is 2.95. The summed E-state index contributed by atoms with van der Waals surface area (Å²) < 4.78 is 15.9. The Kier molecular flexibility index (Phi) is 3.08. The predicted molar refractivity (Wildman–Crippen MR) is 62.7 cm³/mol. The van der Waals surface area contributed by atoms with Gasteiger partial charge in [0, 0.05) is 5.56 Å². The van der Waals surface area contributed by atoms with Crippen LogP contribution in [0.2, 0.25) is 0 Å². The Morgan fingerprint density at radius 1 is 1.06 bits per heavy atom. The van der Waals surface area contributed by atoms with Gasteiger partial charge in [0.15, 0.2) is 11.5 Å². The lowest BCUT2D eigenvalue weighted by Gasteiger charge is -2.15. The smallest absolute Gasteiger partial charge is 0.203 e. The van der Waals surface area contributed by atoms with Gasteiger partial charge in [-0.15, -0.1) is 0 Å². The highest BCUT2D eigenvalue weighted by atomic mass is 16.5. The van der Waals surface area contributed by atoms with Crippen molar-refractivity contribution >= 4 is 5.71 Å². The number of rotatable bonds is 3. The number of aryl methyl sites for hydroxylation is 1. The minimum absolute atomic E-state index is 0.525. The SMILES string of the molecule is COc1cc2c(c(OC)c1OC)/C(=N/O)CC2. The second-order valence-electron chi connectivity index (χ2n) is 3.73. The van der Waals surface area contributed by atoms with E-state index in [-0.39, 0.29) is 0 Å². The Morgan fingerprint density at radius 3 is 2.29 bits per heavy atom. The van der Waals surface area contributed by atoms with Gasteiger partial charge in [0.25, 0.3) is 0 Å². The van der Waals surface area contributed by atoms with Gasteiger partial charge in [-0.25, -0.2) is 0 Å². The highest BCUT2D eigenvalue weighted by Gasteiger charge is 2.28. The molecule has 0 fully saturated rings. The first-order valence-corrected chi connectivity index (χ1v) is 5.30. The molecule has 0 unspecified atom stereocenters. The maximum atomic E-state index is 8.98. The highest BCUT2D eigenvalue weighted by Crippen LogP contribution is 2.45. The number of ether oxygens (including phenoxy) is 3. The zero-order chi connectivity index (χ0) is 12.4. The lowest BCUT2D eigenvalue weighted by Crippen LogP contribution is -2.03. The van der Waals surface area contributed by atoms with Gasteiger partial charge in [-0.05, 0) is 24.5 Å². The predicted octanol–water partition coefficient (Wildman–Crippen LogP) is 1.84. The first-order valence-electron chi connectivity index (χ1n) is 5.30. The van der Waals surface area contributed by atoms with Crippen molar-refractivity contribution in [3.05, 3.63) is 17.2 Å². The minimum Gasteiger partial charge on any atom is -0.493 e. The minimum atomic E-state index is 0.525. The van der Waals surface area contributed by atoms with E-state index < -0.39 is 0 Å². The molecule has 0 heterocycles. The van der Waals surface area contributed by atoms with Gasteiger partial charge >= 0.3 is 0 Å². The lowest BCUT2D eigenvalue weighted by molar-refractivity contribution is 0.316. The van der Waals surface area contributed by atoms with E-state index in [1.165, 1.54) is 0 Å². The monoisotopic (exact) mass is 237 g/mol. The average Bonchev–Trinajstić information content (AvgIpc) is 2.78. The van der Waals surface area contributed by atoms with Crippen molar-refractivity contribution in [3.8, 4) is 17.2 Å². The van der Waals surface area contributed by atoms with E-state index in [4.69, 9.17) is 19.4 Å². The van der Waals surface area contributed by atoms with Gasteiger partial charge in [0.05, 0.1) is 27.0 Å². The summed E-state index contributed by atoms with van der Waals surface area (Å²) in [7, 11) is 4.70. The molecule has 0 bridgehead atoms. The Bertz CT molecular complexity index is 468. The van der Waals surface area contributed by atoms with Crippen LogP contribution in [0.25, 0.3) is 0 Å². The van der Waals surface area contributed by atoms with Crippen LogP contribution in [0.5, 0.6) is 17.2 Å². The molecule has 1 aromatic carbocycles. The van der Waals surface area contributed by atoms with E-state index in [1.807, 2.05) is 6.07 Å². The van der Waals surface area contributed by atoms with Crippen LogP contribution in [-0.2, 0) is 6.42 Å². The van der Waals surface area contributed by atoms with Crippen molar-refractivity contribution in [2.75, 3.05) is 21.3 Å². The summed E-state index contributed by atoms with van der Waals surface area (Å²) in [5.41, 5.74) is 2.48. The summed E-state index contributed by atoms with van der Waals surface area (Å²) >= 11 is 0.